The summed E-state index contributed by atoms with van der Waals surface area (Å²) < 4.78 is 17.0. The van der Waals surface area contributed by atoms with E-state index in [-0.39, 0.29) is 12.5 Å². The molecule has 1 N–H and O–H groups in total. The molecule has 0 spiro atoms. The molecule has 4 aromatic rings. The van der Waals surface area contributed by atoms with Gasteiger partial charge in [0, 0.05) is 16.6 Å². The highest BCUT2D eigenvalue weighted by molar-refractivity contribution is 7.13. The number of hydrogen-bond acceptors (Lipinski definition) is 6. The lowest BCUT2D eigenvalue weighted by atomic mass is 10.2. The topological polar surface area (TPSA) is 69.7 Å². The third-order valence-electron chi connectivity index (χ3n) is 4.80. The van der Waals surface area contributed by atoms with E-state index in [0.717, 1.165) is 22.0 Å². The standard InChI is InChI=1S/C26H24N2O4S/c1-3-31-23-14-13-18(15-24(23)30-2)26-28-20(17-33-26)16-32-22-12-8-7-11-21(22)25(29)27-19-9-5-4-6-10-19/h4-15,17H,3,16H2,1-2H3,(H,27,29). The van der Waals surface area contributed by atoms with E-state index in [1.807, 2.05) is 73.0 Å². The maximum Gasteiger partial charge on any atom is 0.259 e. The zero-order valence-corrected chi connectivity index (χ0v) is 19.2. The van der Waals surface area contributed by atoms with Gasteiger partial charge in [0.15, 0.2) is 11.5 Å². The van der Waals surface area contributed by atoms with Crippen molar-refractivity contribution in [2.75, 3.05) is 19.0 Å². The molecule has 1 amide bonds. The number of nitrogens with one attached hydrogen (secondary N) is 1. The summed E-state index contributed by atoms with van der Waals surface area (Å²) in [5.41, 5.74) is 2.91. The third-order valence-corrected chi connectivity index (χ3v) is 5.74. The number of carbonyl (C=O) groups excluding carboxylic acids is 1. The number of aromatic nitrogens is 1. The van der Waals surface area contributed by atoms with Crippen LogP contribution < -0.4 is 19.5 Å². The predicted octanol–water partition coefficient (Wildman–Crippen LogP) is 6.05. The maximum absolute atomic E-state index is 12.7. The van der Waals surface area contributed by atoms with Crippen molar-refractivity contribution in [1.82, 2.24) is 4.98 Å². The zero-order valence-electron chi connectivity index (χ0n) is 18.4. The van der Waals surface area contributed by atoms with Gasteiger partial charge in [-0.2, -0.15) is 0 Å². The Hall–Kier alpha value is -3.84. The Kier molecular flexibility index (Phi) is 7.22. The van der Waals surface area contributed by atoms with Gasteiger partial charge in [-0.25, -0.2) is 4.98 Å². The first-order valence-corrected chi connectivity index (χ1v) is 11.4. The number of carbonyl (C=O) groups is 1. The van der Waals surface area contributed by atoms with Crippen molar-refractivity contribution in [3.05, 3.63) is 89.4 Å². The molecular weight excluding hydrogens is 436 g/mol. The Bertz CT molecular complexity index is 1220. The highest BCUT2D eigenvalue weighted by Crippen LogP contribution is 2.34. The quantitative estimate of drug-likeness (QED) is 0.329. The highest BCUT2D eigenvalue weighted by Gasteiger charge is 2.14. The average molecular weight is 461 g/mol. The van der Waals surface area contributed by atoms with Crippen molar-refractivity contribution in [2.45, 2.75) is 13.5 Å². The summed E-state index contributed by atoms with van der Waals surface area (Å²) in [7, 11) is 1.62. The molecule has 0 radical (unpaired) electrons. The van der Waals surface area contributed by atoms with E-state index in [2.05, 4.69) is 10.3 Å². The van der Waals surface area contributed by atoms with Gasteiger partial charge in [-0.1, -0.05) is 30.3 Å². The number of thiazole rings is 1. The van der Waals surface area contributed by atoms with Crippen molar-refractivity contribution < 1.29 is 19.0 Å². The lowest BCUT2D eigenvalue weighted by Crippen LogP contribution is -2.13. The summed E-state index contributed by atoms with van der Waals surface area (Å²) in [6.45, 7) is 2.75. The van der Waals surface area contributed by atoms with E-state index in [1.165, 1.54) is 11.3 Å². The van der Waals surface area contributed by atoms with E-state index in [1.54, 1.807) is 19.2 Å². The molecule has 1 aromatic heterocycles. The van der Waals surface area contributed by atoms with Gasteiger partial charge in [0.25, 0.3) is 5.91 Å². The van der Waals surface area contributed by atoms with E-state index in [4.69, 9.17) is 14.2 Å². The molecule has 0 aliphatic rings. The summed E-state index contributed by atoms with van der Waals surface area (Å²) in [6, 6.07) is 22.3. The molecule has 1 heterocycles. The maximum atomic E-state index is 12.7. The second-order valence-corrected chi connectivity index (χ2v) is 7.91. The Labute approximate surface area is 196 Å². The Morgan fingerprint density at radius 2 is 1.73 bits per heavy atom. The van der Waals surface area contributed by atoms with Crippen molar-refractivity contribution in [2.24, 2.45) is 0 Å². The number of para-hydroxylation sites is 2. The SMILES string of the molecule is CCOc1ccc(-c2nc(COc3ccccc3C(=O)Nc3ccccc3)cs2)cc1OC. The second kappa shape index (κ2) is 10.7. The van der Waals surface area contributed by atoms with Crippen molar-refractivity contribution >= 4 is 22.9 Å². The molecule has 0 saturated heterocycles. The fourth-order valence-electron chi connectivity index (χ4n) is 3.23. The molecule has 0 aliphatic carbocycles. The van der Waals surface area contributed by atoms with E-state index >= 15 is 0 Å². The highest BCUT2D eigenvalue weighted by atomic mass is 32.1. The summed E-state index contributed by atoms with van der Waals surface area (Å²) in [6.07, 6.45) is 0. The van der Waals surface area contributed by atoms with E-state index < -0.39 is 0 Å². The number of benzene rings is 3. The first kappa shape index (κ1) is 22.4. The van der Waals surface area contributed by atoms with Gasteiger partial charge in [-0.15, -0.1) is 11.3 Å². The second-order valence-electron chi connectivity index (χ2n) is 7.05. The van der Waals surface area contributed by atoms with Crippen LogP contribution >= 0.6 is 11.3 Å². The van der Waals surface area contributed by atoms with Gasteiger partial charge in [-0.05, 0) is 49.4 Å². The summed E-state index contributed by atoms with van der Waals surface area (Å²) in [4.78, 5) is 17.4. The number of anilines is 1. The van der Waals surface area contributed by atoms with Crippen LogP contribution in [0.4, 0.5) is 5.69 Å². The van der Waals surface area contributed by atoms with Crippen LogP contribution in [0.1, 0.15) is 23.0 Å². The van der Waals surface area contributed by atoms with Crippen molar-refractivity contribution in [1.29, 1.82) is 0 Å². The molecule has 0 aliphatic heterocycles. The van der Waals surface area contributed by atoms with Crippen molar-refractivity contribution in [3.8, 4) is 27.8 Å². The van der Waals surface area contributed by atoms with Gasteiger partial charge in [-0.3, -0.25) is 4.79 Å². The molecule has 3 aromatic carbocycles. The number of methoxy groups -OCH3 is 1. The van der Waals surface area contributed by atoms with Gasteiger partial charge in [0.2, 0.25) is 0 Å². The number of rotatable bonds is 9. The molecule has 0 saturated carbocycles. The Morgan fingerprint density at radius 1 is 0.939 bits per heavy atom. The molecule has 168 valence electrons. The molecular formula is C26H24N2O4S. The normalized spacial score (nSPS) is 10.5. The lowest BCUT2D eigenvalue weighted by molar-refractivity contribution is 0.102. The van der Waals surface area contributed by atoms with Crippen LogP contribution in [0.2, 0.25) is 0 Å². The van der Waals surface area contributed by atoms with Crippen LogP contribution in [0.25, 0.3) is 10.6 Å². The molecule has 6 nitrogen and oxygen atoms in total. The smallest absolute Gasteiger partial charge is 0.259 e. The molecule has 0 bridgehead atoms. The van der Waals surface area contributed by atoms with E-state index in [9.17, 15) is 4.79 Å². The summed E-state index contributed by atoms with van der Waals surface area (Å²) in [5, 5.41) is 5.69. The van der Waals surface area contributed by atoms with Crippen LogP contribution in [-0.2, 0) is 6.61 Å². The molecule has 33 heavy (non-hydrogen) atoms. The fourth-order valence-corrected chi connectivity index (χ4v) is 4.03. The first-order chi connectivity index (χ1) is 16.2. The first-order valence-electron chi connectivity index (χ1n) is 10.5. The minimum atomic E-state index is -0.225. The van der Waals surface area contributed by atoms with Gasteiger partial charge in [0.1, 0.15) is 17.4 Å². The summed E-state index contributed by atoms with van der Waals surface area (Å²) in [5.74, 6) is 1.65. The minimum Gasteiger partial charge on any atom is -0.493 e. The van der Waals surface area contributed by atoms with Gasteiger partial charge < -0.3 is 19.5 Å². The van der Waals surface area contributed by atoms with Crippen LogP contribution in [0, 0.1) is 0 Å². The van der Waals surface area contributed by atoms with Crippen LogP contribution in [0.5, 0.6) is 17.2 Å². The fraction of sp³-hybridized carbons (Fsp3) is 0.154. The molecule has 4 rings (SSSR count). The Balaban J connectivity index is 1.45. The average Bonchev–Trinajstić information content (AvgIpc) is 3.33. The number of ether oxygens (including phenoxy) is 3. The van der Waals surface area contributed by atoms with Gasteiger partial charge >= 0.3 is 0 Å². The molecule has 7 heteroatoms. The number of hydrogen-bond donors (Lipinski definition) is 1. The van der Waals surface area contributed by atoms with Crippen LogP contribution in [0.3, 0.4) is 0 Å². The van der Waals surface area contributed by atoms with Crippen LogP contribution in [-0.4, -0.2) is 24.6 Å². The third kappa shape index (κ3) is 5.51. The molecule has 0 fully saturated rings. The Morgan fingerprint density at radius 3 is 2.52 bits per heavy atom. The van der Waals surface area contributed by atoms with Crippen LogP contribution in [0.15, 0.2) is 78.2 Å². The zero-order chi connectivity index (χ0) is 23.0. The summed E-state index contributed by atoms with van der Waals surface area (Å²) >= 11 is 1.52. The minimum absolute atomic E-state index is 0.225. The molecule has 0 atom stereocenters. The lowest BCUT2D eigenvalue weighted by Gasteiger charge is -2.11. The van der Waals surface area contributed by atoms with E-state index in [0.29, 0.717) is 29.4 Å². The predicted molar refractivity (Wildman–Crippen MR) is 130 cm³/mol. The number of amides is 1. The van der Waals surface area contributed by atoms with Gasteiger partial charge in [0.05, 0.1) is 25.0 Å². The largest absolute Gasteiger partial charge is 0.493 e. The monoisotopic (exact) mass is 460 g/mol. The van der Waals surface area contributed by atoms with Crippen molar-refractivity contribution in [3.63, 3.8) is 0 Å². The molecule has 0 unspecified atom stereocenters. The number of nitrogens with zero attached hydrogens (tertiary/aromatic N) is 1.